The summed E-state index contributed by atoms with van der Waals surface area (Å²) in [4.78, 5) is 38.0. The average Bonchev–Trinajstić information content (AvgIpc) is 3.15. The second-order valence-corrected chi connectivity index (χ2v) is 6.89. The van der Waals surface area contributed by atoms with Gasteiger partial charge in [0.2, 0.25) is 17.7 Å². The third-order valence-electron chi connectivity index (χ3n) is 5.22. The fraction of sp³-hybridized carbons (Fsp3) is 0.688. The molecule has 120 valence electrons. The largest absolute Gasteiger partial charge is 0.353 e. The number of amides is 3. The number of nitrogens with zero attached hydrogens (tertiary/aromatic N) is 1. The number of carbonyl (C=O) groups excluding carboxylic acids is 3. The Morgan fingerprint density at radius 2 is 1.82 bits per heavy atom. The summed E-state index contributed by atoms with van der Waals surface area (Å²) in [6, 6.07) is -0.565. The van der Waals surface area contributed by atoms with Crippen molar-refractivity contribution < 1.29 is 14.4 Å². The highest BCUT2D eigenvalue weighted by Gasteiger charge is 2.58. The first-order valence-corrected chi connectivity index (χ1v) is 7.98. The van der Waals surface area contributed by atoms with Crippen molar-refractivity contribution in [3.05, 3.63) is 12.2 Å². The minimum atomic E-state index is -0.565. The Bertz CT molecular complexity index is 513. The lowest BCUT2D eigenvalue weighted by Crippen LogP contribution is -2.47. The van der Waals surface area contributed by atoms with Crippen LogP contribution in [0.5, 0.6) is 0 Å². The molecule has 3 rings (SSSR count). The van der Waals surface area contributed by atoms with Crippen molar-refractivity contribution in [2.45, 2.75) is 26.3 Å². The van der Waals surface area contributed by atoms with Gasteiger partial charge in [0, 0.05) is 13.1 Å². The van der Waals surface area contributed by atoms with Crippen molar-refractivity contribution in [1.82, 2.24) is 10.2 Å². The van der Waals surface area contributed by atoms with E-state index in [1.807, 2.05) is 13.8 Å². The highest BCUT2D eigenvalue weighted by atomic mass is 16.2. The summed E-state index contributed by atoms with van der Waals surface area (Å²) in [6.07, 6.45) is 5.08. The van der Waals surface area contributed by atoms with Gasteiger partial charge in [-0.05, 0) is 24.2 Å². The molecule has 6 nitrogen and oxygen atoms in total. The van der Waals surface area contributed by atoms with E-state index in [1.54, 1.807) is 0 Å². The van der Waals surface area contributed by atoms with Crippen LogP contribution in [0.25, 0.3) is 0 Å². The van der Waals surface area contributed by atoms with Crippen LogP contribution < -0.4 is 11.1 Å². The van der Waals surface area contributed by atoms with Crippen molar-refractivity contribution in [3.8, 4) is 0 Å². The number of fused-ring (bicyclic) bond motifs is 5. The molecule has 1 aliphatic heterocycles. The van der Waals surface area contributed by atoms with Crippen molar-refractivity contribution in [1.29, 1.82) is 0 Å². The van der Waals surface area contributed by atoms with Crippen LogP contribution in [0.15, 0.2) is 12.2 Å². The van der Waals surface area contributed by atoms with E-state index < -0.39 is 6.04 Å². The summed E-state index contributed by atoms with van der Waals surface area (Å²) in [5, 5.41) is 2.71. The summed E-state index contributed by atoms with van der Waals surface area (Å²) < 4.78 is 0. The number of carbonyl (C=O) groups is 3. The van der Waals surface area contributed by atoms with E-state index in [4.69, 9.17) is 5.73 Å². The molecule has 6 heteroatoms. The van der Waals surface area contributed by atoms with Crippen LogP contribution in [0, 0.1) is 29.6 Å². The molecule has 0 spiro atoms. The first-order valence-electron chi connectivity index (χ1n) is 7.98. The van der Waals surface area contributed by atoms with Gasteiger partial charge in [-0.25, -0.2) is 0 Å². The molecule has 0 aromatic heterocycles. The standard InChI is InChI=1S/C16H23N3O3/c1-8(2)13(17)14(20)18-5-6-19-15(21)11-9-3-4-10(7-9)12(11)16(19)22/h3-4,8-13H,5-7,17H2,1-2H3,(H,18,20)/t9?,10?,11?,12?,13-/m0/s1. The highest BCUT2D eigenvalue weighted by Crippen LogP contribution is 2.52. The zero-order valence-corrected chi connectivity index (χ0v) is 13.0. The van der Waals surface area contributed by atoms with Gasteiger partial charge in [0.25, 0.3) is 0 Å². The second kappa shape index (κ2) is 5.50. The molecular weight excluding hydrogens is 282 g/mol. The molecular formula is C16H23N3O3. The van der Waals surface area contributed by atoms with E-state index in [-0.39, 0.29) is 60.4 Å². The first kappa shape index (κ1) is 15.2. The molecule has 3 aliphatic rings. The lowest BCUT2D eigenvalue weighted by Gasteiger charge is -2.19. The Hall–Kier alpha value is -1.69. The lowest BCUT2D eigenvalue weighted by atomic mass is 9.85. The fourth-order valence-electron chi connectivity index (χ4n) is 3.90. The summed E-state index contributed by atoms with van der Waals surface area (Å²) in [5.41, 5.74) is 5.76. The van der Waals surface area contributed by atoms with E-state index in [9.17, 15) is 14.4 Å². The van der Waals surface area contributed by atoms with Gasteiger partial charge in [-0.1, -0.05) is 26.0 Å². The number of hydrogen-bond acceptors (Lipinski definition) is 4. The number of allylic oxidation sites excluding steroid dienone is 2. The van der Waals surface area contributed by atoms with Gasteiger partial charge in [-0.3, -0.25) is 19.3 Å². The SMILES string of the molecule is CC(C)[C@H](N)C(=O)NCCN1C(=O)C2C3C=CC(C3)C2C1=O. The number of hydrogen-bond donors (Lipinski definition) is 2. The first-order chi connectivity index (χ1) is 10.4. The molecule has 1 saturated carbocycles. The molecule has 1 heterocycles. The normalized spacial score (nSPS) is 33.7. The predicted octanol–water partition coefficient (Wildman–Crippen LogP) is -0.107. The molecule has 4 unspecified atom stereocenters. The summed E-state index contributed by atoms with van der Waals surface area (Å²) in [7, 11) is 0. The van der Waals surface area contributed by atoms with E-state index in [1.165, 1.54) is 4.90 Å². The molecule has 0 radical (unpaired) electrons. The number of nitrogens with two attached hydrogens (primary N) is 1. The maximum Gasteiger partial charge on any atom is 0.237 e. The summed E-state index contributed by atoms with van der Waals surface area (Å²) in [6.45, 7) is 4.25. The number of likely N-dealkylation sites (tertiary alicyclic amines) is 1. The van der Waals surface area contributed by atoms with Crippen LogP contribution in [0.3, 0.4) is 0 Å². The summed E-state index contributed by atoms with van der Waals surface area (Å²) >= 11 is 0. The van der Waals surface area contributed by atoms with Crippen molar-refractivity contribution >= 4 is 17.7 Å². The monoisotopic (exact) mass is 305 g/mol. The Labute approximate surface area is 130 Å². The Kier molecular flexibility index (Phi) is 3.80. The molecule has 2 bridgehead atoms. The van der Waals surface area contributed by atoms with Crippen molar-refractivity contribution in [3.63, 3.8) is 0 Å². The number of imide groups is 1. The van der Waals surface area contributed by atoms with Crippen molar-refractivity contribution in [2.24, 2.45) is 35.3 Å². The van der Waals surface area contributed by atoms with Gasteiger partial charge in [-0.15, -0.1) is 0 Å². The van der Waals surface area contributed by atoms with E-state index in [2.05, 4.69) is 17.5 Å². The molecule has 5 atom stereocenters. The lowest BCUT2D eigenvalue weighted by molar-refractivity contribution is -0.141. The van der Waals surface area contributed by atoms with E-state index >= 15 is 0 Å². The van der Waals surface area contributed by atoms with Crippen LogP contribution in [-0.2, 0) is 14.4 Å². The molecule has 22 heavy (non-hydrogen) atoms. The van der Waals surface area contributed by atoms with Gasteiger partial charge < -0.3 is 11.1 Å². The third-order valence-corrected chi connectivity index (χ3v) is 5.22. The third kappa shape index (κ3) is 2.26. The number of nitrogens with one attached hydrogen (secondary N) is 1. The molecule has 2 fully saturated rings. The fourth-order valence-corrected chi connectivity index (χ4v) is 3.90. The Morgan fingerprint density at radius 1 is 1.27 bits per heavy atom. The van der Waals surface area contributed by atoms with E-state index in [0.29, 0.717) is 0 Å². The van der Waals surface area contributed by atoms with Crippen LogP contribution in [0.2, 0.25) is 0 Å². The number of rotatable bonds is 5. The van der Waals surface area contributed by atoms with Gasteiger partial charge in [0.15, 0.2) is 0 Å². The van der Waals surface area contributed by atoms with Crippen LogP contribution in [-0.4, -0.2) is 41.8 Å². The Balaban J connectivity index is 1.55. The van der Waals surface area contributed by atoms with Gasteiger partial charge >= 0.3 is 0 Å². The smallest absolute Gasteiger partial charge is 0.237 e. The Morgan fingerprint density at radius 3 is 2.32 bits per heavy atom. The van der Waals surface area contributed by atoms with E-state index in [0.717, 1.165) is 6.42 Å². The van der Waals surface area contributed by atoms with Gasteiger partial charge in [0.1, 0.15) is 0 Å². The average molecular weight is 305 g/mol. The molecule has 3 N–H and O–H groups in total. The molecule has 1 saturated heterocycles. The van der Waals surface area contributed by atoms with Crippen molar-refractivity contribution in [2.75, 3.05) is 13.1 Å². The minimum Gasteiger partial charge on any atom is -0.353 e. The van der Waals surface area contributed by atoms with Gasteiger partial charge in [-0.2, -0.15) is 0 Å². The molecule has 0 aromatic carbocycles. The summed E-state index contributed by atoms with van der Waals surface area (Å²) in [5.74, 6) is -0.233. The molecule has 3 amide bonds. The molecule has 2 aliphatic carbocycles. The van der Waals surface area contributed by atoms with Crippen LogP contribution in [0.4, 0.5) is 0 Å². The topological polar surface area (TPSA) is 92.5 Å². The van der Waals surface area contributed by atoms with Gasteiger partial charge in [0.05, 0.1) is 17.9 Å². The zero-order valence-electron chi connectivity index (χ0n) is 13.0. The maximum absolute atomic E-state index is 12.4. The zero-order chi connectivity index (χ0) is 16.0. The quantitative estimate of drug-likeness (QED) is 0.548. The maximum atomic E-state index is 12.4. The minimum absolute atomic E-state index is 0.0520. The van der Waals surface area contributed by atoms with Crippen LogP contribution >= 0.6 is 0 Å². The highest BCUT2D eigenvalue weighted by molar-refractivity contribution is 6.06. The second-order valence-electron chi connectivity index (χ2n) is 6.89. The predicted molar refractivity (Wildman–Crippen MR) is 80.3 cm³/mol. The van der Waals surface area contributed by atoms with Crippen LogP contribution in [0.1, 0.15) is 20.3 Å². The molecule has 0 aromatic rings.